The number of rotatable bonds is 4. The van der Waals surface area contributed by atoms with Crippen LogP contribution in [0.2, 0.25) is 0 Å². The molecule has 0 fully saturated rings. The van der Waals surface area contributed by atoms with Gasteiger partial charge in [0.1, 0.15) is 0 Å². The van der Waals surface area contributed by atoms with Crippen LogP contribution in [0, 0.1) is 19.7 Å². The fraction of sp³-hybridized carbons (Fsp3) is 0. The molecule has 5 nitrogen and oxygen atoms in total. The normalized spacial score (nSPS) is 11.1. The minimum Gasteiger partial charge on any atom is -0.309 e. The first-order valence-corrected chi connectivity index (χ1v) is 16.2. The van der Waals surface area contributed by atoms with E-state index < -0.39 is 0 Å². The van der Waals surface area contributed by atoms with Gasteiger partial charge in [0.2, 0.25) is 5.69 Å². The molecule has 0 unspecified atom stereocenters. The maximum atomic E-state index is 8.37. The zero-order chi connectivity index (χ0) is 33.8. The molecule has 0 aliphatic heterocycles. The summed E-state index contributed by atoms with van der Waals surface area (Å²) < 4.78 is 4.50. The number of benzene rings is 7. The molecule has 5 heteroatoms. The van der Waals surface area contributed by atoms with E-state index in [2.05, 4.69) is 115 Å². The van der Waals surface area contributed by atoms with E-state index in [4.69, 9.17) is 19.7 Å². The Morgan fingerprint density at radius 1 is 0.420 bits per heavy atom. The summed E-state index contributed by atoms with van der Waals surface area (Å²) in [5, 5.41) is 4.41. The van der Waals surface area contributed by atoms with Crippen molar-refractivity contribution in [2.24, 2.45) is 0 Å². The molecule has 2 heterocycles. The molecule has 0 spiro atoms. The summed E-state index contributed by atoms with van der Waals surface area (Å²) in [5.41, 5.74) is 10.7. The average Bonchev–Trinajstić information content (AvgIpc) is 3.70. The minimum absolute atomic E-state index is 0.316. The number of nitrogens with zero attached hydrogens (tertiary/aromatic N) is 5. The molecule has 7 aromatic carbocycles. The molecule has 0 atom stereocenters. The van der Waals surface area contributed by atoms with Crippen molar-refractivity contribution in [3.8, 4) is 33.6 Å². The summed E-state index contributed by atoms with van der Waals surface area (Å²) in [7, 11) is 0. The maximum Gasteiger partial charge on any atom is 0.202 e. The highest BCUT2D eigenvalue weighted by atomic mass is 15.0. The Hall–Kier alpha value is -7.39. The molecule has 2 aromatic heterocycles. The van der Waals surface area contributed by atoms with E-state index in [0.29, 0.717) is 22.6 Å². The molecule has 0 bridgehead atoms. The topological polar surface area (TPSA) is 22.9 Å². The third-order valence-corrected chi connectivity index (χ3v) is 9.58. The van der Waals surface area contributed by atoms with Gasteiger partial charge in [0.25, 0.3) is 0 Å². The SMILES string of the molecule is [C-]#[N+]c1ccc2c(c1)c1ccccc1n2-c1ccccc1-c1c(-c2cccc(-n3c4ccccc4c4ccccc43)c2)ccc([N+]#[C-])c1[N+]#[C-]. The second-order valence-electron chi connectivity index (χ2n) is 12.2. The van der Waals surface area contributed by atoms with Gasteiger partial charge < -0.3 is 9.13 Å². The first-order chi connectivity index (χ1) is 24.7. The first-order valence-electron chi connectivity index (χ1n) is 16.2. The molecule has 0 aliphatic carbocycles. The molecule has 0 aliphatic rings. The highest BCUT2D eigenvalue weighted by molar-refractivity contribution is 6.12. The maximum absolute atomic E-state index is 8.37. The van der Waals surface area contributed by atoms with Crippen LogP contribution in [0.1, 0.15) is 0 Å². The van der Waals surface area contributed by atoms with Crippen molar-refractivity contribution in [3.05, 3.63) is 186 Å². The zero-order valence-corrected chi connectivity index (χ0v) is 26.7. The lowest BCUT2D eigenvalue weighted by Crippen LogP contribution is -1.99. The van der Waals surface area contributed by atoms with Crippen LogP contribution in [-0.4, -0.2) is 9.13 Å². The van der Waals surface area contributed by atoms with Gasteiger partial charge in [-0.15, -0.1) is 0 Å². The molecular weight excluding hydrogens is 611 g/mol. The van der Waals surface area contributed by atoms with Crippen LogP contribution in [0.3, 0.4) is 0 Å². The van der Waals surface area contributed by atoms with Crippen LogP contribution >= 0.6 is 0 Å². The molecule has 0 saturated carbocycles. The molecule has 50 heavy (non-hydrogen) atoms. The van der Waals surface area contributed by atoms with Gasteiger partial charge in [-0.3, -0.25) is 4.85 Å². The Balaban J connectivity index is 1.33. The summed E-state index contributed by atoms with van der Waals surface area (Å²) in [4.78, 5) is 11.5. The minimum atomic E-state index is 0.316. The van der Waals surface area contributed by atoms with Crippen molar-refractivity contribution < 1.29 is 0 Å². The smallest absolute Gasteiger partial charge is 0.202 e. The third kappa shape index (κ3) is 4.24. The van der Waals surface area contributed by atoms with Crippen LogP contribution in [-0.2, 0) is 0 Å². The fourth-order valence-corrected chi connectivity index (χ4v) is 7.48. The van der Waals surface area contributed by atoms with Gasteiger partial charge in [-0.2, -0.15) is 0 Å². The average molecular weight is 636 g/mol. The van der Waals surface area contributed by atoms with Crippen LogP contribution in [0.5, 0.6) is 0 Å². The first kappa shape index (κ1) is 28.8. The zero-order valence-electron chi connectivity index (χ0n) is 26.7. The summed E-state index contributed by atoms with van der Waals surface area (Å²) in [5.74, 6) is 0. The van der Waals surface area contributed by atoms with Crippen molar-refractivity contribution in [2.45, 2.75) is 0 Å². The summed E-state index contributed by atoms with van der Waals surface area (Å²) in [6.07, 6.45) is 0. The van der Waals surface area contributed by atoms with Crippen LogP contribution in [0.15, 0.2) is 152 Å². The van der Waals surface area contributed by atoms with E-state index >= 15 is 0 Å². The lowest BCUT2D eigenvalue weighted by Gasteiger charge is -2.19. The van der Waals surface area contributed by atoms with Crippen LogP contribution < -0.4 is 0 Å². The van der Waals surface area contributed by atoms with Gasteiger partial charge in [0, 0.05) is 21.8 Å². The lowest BCUT2D eigenvalue weighted by molar-refractivity contribution is 1.18. The van der Waals surface area contributed by atoms with Crippen molar-refractivity contribution in [2.75, 3.05) is 0 Å². The van der Waals surface area contributed by atoms with Gasteiger partial charge in [0.05, 0.1) is 47.5 Å². The van der Waals surface area contributed by atoms with E-state index in [1.165, 1.54) is 10.8 Å². The summed E-state index contributed by atoms with van der Waals surface area (Å²) in [6, 6.07) is 51.2. The number of hydrogen-bond donors (Lipinski definition) is 0. The van der Waals surface area contributed by atoms with E-state index in [-0.39, 0.29) is 0 Å². The van der Waals surface area contributed by atoms with E-state index in [1.54, 1.807) is 6.07 Å². The van der Waals surface area contributed by atoms with Crippen molar-refractivity contribution in [1.29, 1.82) is 0 Å². The van der Waals surface area contributed by atoms with Crippen molar-refractivity contribution in [3.63, 3.8) is 0 Å². The quantitative estimate of drug-likeness (QED) is 0.172. The molecular formula is C45H25N5. The fourth-order valence-electron chi connectivity index (χ4n) is 7.48. The Morgan fingerprint density at radius 2 is 1.04 bits per heavy atom. The second kappa shape index (κ2) is 11.4. The van der Waals surface area contributed by atoms with Gasteiger partial charge in [-0.05, 0) is 76.2 Å². The molecule has 0 saturated heterocycles. The highest BCUT2D eigenvalue weighted by Crippen LogP contribution is 2.48. The van der Waals surface area contributed by atoms with Crippen molar-refractivity contribution in [1.82, 2.24) is 9.13 Å². The second-order valence-corrected chi connectivity index (χ2v) is 12.2. The Labute approximate surface area is 288 Å². The summed E-state index contributed by atoms with van der Waals surface area (Å²) >= 11 is 0. The number of aromatic nitrogens is 2. The predicted molar refractivity (Wildman–Crippen MR) is 205 cm³/mol. The van der Waals surface area contributed by atoms with E-state index in [1.807, 2.05) is 54.6 Å². The van der Waals surface area contributed by atoms with Crippen molar-refractivity contribution >= 4 is 60.7 Å². The third-order valence-electron chi connectivity index (χ3n) is 9.58. The van der Waals surface area contributed by atoms with Gasteiger partial charge in [0.15, 0.2) is 11.4 Å². The lowest BCUT2D eigenvalue weighted by atomic mass is 9.91. The van der Waals surface area contributed by atoms with Gasteiger partial charge in [-0.25, -0.2) is 9.69 Å². The van der Waals surface area contributed by atoms with E-state index in [9.17, 15) is 0 Å². The molecule has 0 amide bonds. The number of hydrogen-bond acceptors (Lipinski definition) is 0. The molecule has 230 valence electrons. The molecule has 9 aromatic rings. The van der Waals surface area contributed by atoms with Crippen LogP contribution in [0.25, 0.3) is 91.8 Å². The standard InChI is InChI=1S/C45H25N5/c1-46-30-23-26-43-37(28-30)35-17-6-10-21-41(35)50(43)42-22-11-7-18-36(42)44-32(24-25-38(47-2)45(44)48-3)29-13-12-14-31(27-29)49-39-19-8-4-15-33(39)34-16-5-9-20-40(34)49/h4-28H. The molecule has 9 rings (SSSR count). The monoisotopic (exact) mass is 635 g/mol. The number of fused-ring (bicyclic) bond motifs is 6. The molecule has 0 N–H and O–H groups in total. The Morgan fingerprint density at radius 3 is 1.72 bits per heavy atom. The predicted octanol–water partition coefficient (Wildman–Crippen LogP) is 12.9. The largest absolute Gasteiger partial charge is 0.309 e. The van der Waals surface area contributed by atoms with Gasteiger partial charge >= 0.3 is 0 Å². The number of para-hydroxylation sites is 4. The highest BCUT2D eigenvalue weighted by Gasteiger charge is 2.22. The van der Waals surface area contributed by atoms with Crippen LogP contribution in [0.4, 0.5) is 17.1 Å². The van der Waals surface area contributed by atoms with Gasteiger partial charge in [-0.1, -0.05) is 103 Å². The van der Waals surface area contributed by atoms with E-state index in [0.717, 1.165) is 60.9 Å². The molecule has 0 radical (unpaired) electrons. The Kier molecular flexibility index (Phi) is 6.56. The summed E-state index contributed by atoms with van der Waals surface area (Å²) in [6.45, 7) is 24.0. The Bertz CT molecular complexity index is 2920.